The van der Waals surface area contributed by atoms with Gasteiger partial charge in [-0.25, -0.2) is 14.3 Å². The van der Waals surface area contributed by atoms with Gasteiger partial charge in [-0.2, -0.15) is 5.10 Å². The molecule has 1 N–H and O–H groups in total. The van der Waals surface area contributed by atoms with E-state index in [1.807, 2.05) is 17.5 Å². The van der Waals surface area contributed by atoms with Crippen LogP contribution in [0.15, 0.2) is 35.8 Å². The van der Waals surface area contributed by atoms with Gasteiger partial charge in [0, 0.05) is 6.07 Å². The Balaban J connectivity index is 2.31. The Morgan fingerprint density at radius 3 is 3.00 bits per heavy atom. The highest BCUT2D eigenvalue weighted by molar-refractivity contribution is 7.13. The molecule has 0 aliphatic rings. The van der Waals surface area contributed by atoms with Crippen molar-refractivity contribution < 1.29 is 9.90 Å². The summed E-state index contributed by atoms with van der Waals surface area (Å²) in [6.45, 7) is 0. The summed E-state index contributed by atoms with van der Waals surface area (Å²) in [7, 11) is 0. The third-order valence-corrected chi connectivity index (χ3v) is 3.24. The lowest BCUT2D eigenvalue weighted by Gasteiger charge is -2.02. The number of aromatic carboxylic acids is 1. The van der Waals surface area contributed by atoms with E-state index in [2.05, 4.69) is 10.1 Å². The molecule has 84 valence electrons. The van der Waals surface area contributed by atoms with Gasteiger partial charge in [0.05, 0.1) is 16.8 Å². The van der Waals surface area contributed by atoms with Crippen LogP contribution in [0, 0.1) is 0 Å². The van der Waals surface area contributed by atoms with Crippen LogP contribution in [0.2, 0.25) is 0 Å². The molecule has 0 radical (unpaired) electrons. The fraction of sp³-hybridized carbons (Fsp3) is 0. The lowest BCUT2D eigenvalue weighted by atomic mass is 10.3. The lowest BCUT2D eigenvalue weighted by molar-refractivity contribution is 0.0687. The largest absolute Gasteiger partial charge is 0.477 e. The summed E-state index contributed by atoms with van der Waals surface area (Å²) < 4.78 is 1.32. The van der Waals surface area contributed by atoms with E-state index in [9.17, 15) is 4.79 Å². The first-order valence-corrected chi connectivity index (χ1v) is 5.75. The van der Waals surface area contributed by atoms with Gasteiger partial charge in [0.1, 0.15) is 0 Å². The van der Waals surface area contributed by atoms with Crippen molar-refractivity contribution in [2.45, 2.75) is 0 Å². The van der Waals surface area contributed by atoms with Crippen molar-refractivity contribution in [2.75, 3.05) is 0 Å². The highest BCUT2D eigenvalue weighted by Crippen LogP contribution is 2.24. The molecule has 0 fully saturated rings. The first-order chi connectivity index (χ1) is 8.25. The summed E-state index contributed by atoms with van der Waals surface area (Å²) in [5.41, 5.74) is 1.31. The molecule has 0 bridgehead atoms. The first kappa shape index (κ1) is 9.98. The van der Waals surface area contributed by atoms with Gasteiger partial charge in [0.25, 0.3) is 0 Å². The fourth-order valence-electron chi connectivity index (χ4n) is 1.62. The minimum atomic E-state index is -1.01. The number of nitrogens with zero attached hydrogens (tertiary/aromatic N) is 3. The number of fused-ring (bicyclic) bond motifs is 1. The average molecular weight is 245 g/mol. The molecule has 0 saturated carbocycles. The number of hydrogen-bond acceptors (Lipinski definition) is 4. The normalized spacial score (nSPS) is 10.8. The summed E-state index contributed by atoms with van der Waals surface area (Å²) in [5, 5.41) is 15.0. The Morgan fingerprint density at radius 2 is 2.29 bits per heavy atom. The maximum Gasteiger partial charge on any atom is 0.354 e. The van der Waals surface area contributed by atoms with Gasteiger partial charge in [-0.05, 0) is 17.5 Å². The standard InChI is InChI=1S/C11H7N3O2S/c15-11(16)8-6-7(9-2-1-5-17-9)13-10-3-4-12-14(8)10/h1-6H,(H,15,16). The van der Waals surface area contributed by atoms with Crippen LogP contribution >= 0.6 is 11.3 Å². The van der Waals surface area contributed by atoms with E-state index in [4.69, 9.17) is 5.11 Å². The van der Waals surface area contributed by atoms with Crippen LogP contribution in [-0.2, 0) is 0 Å². The highest BCUT2D eigenvalue weighted by Gasteiger charge is 2.13. The molecule has 0 aromatic carbocycles. The molecular formula is C11H7N3O2S. The van der Waals surface area contributed by atoms with Crippen molar-refractivity contribution >= 4 is 23.0 Å². The number of aromatic nitrogens is 3. The van der Waals surface area contributed by atoms with E-state index in [-0.39, 0.29) is 5.69 Å². The Morgan fingerprint density at radius 1 is 1.41 bits per heavy atom. The Bertz CT molecular complexity index is 688. The Hall–Kier alpha value is -2.21. The van der Waals surface area contributed by atoms with Crippen LogP contribution in [0.5, 0.6) is 0 Å². The molecule has 3 aromatic heterocycles. The predicted molar refractivity (Wildman–Crippen MR) is 63.3 cm³/mol. The molecule has 0 aliphatic carbocycles. The van der Waals surface area contributed by atoms with Crippen LogP contribution in [-0.4, -0.2) is 25.7 Å². The van der Waals surface area contributed by atoms with Crippen molar-refractivity contribution in [1.82, 2.24) is 14.6 Å². The minimum Gasteiger partial charge on any atom is -0.477 e. The predicted octanol–water partition coefficient (Wildman–Crippen LogP) is 2.16. The van der Waals surface area contributed by atoms with E-state index in [0.29, 0.717) is 11.3 Å². The molecule has 0 amide bonds. The molecule has 3 heterocycles. The van der Waals surface area contributed by atoms with Crippen LogP contribution in [0.4, 0.5) is 0 Å². The molecule has 17 heavy (non-hydrogen) atoms. The molecule has 0 unspecified atom stereocenters. The topological polar surface area (TPSA) is 67.5 Å². The smallest absolute Gasteiger partial charge is 0.354 e. The molecular weight excluding hydrogens is 238 g/mol. The van der Waals surface area contributed by atoms with Gasteiger partial charge in [0.2, 0.25) is 0 Å². The van der Waals surface area contributed by atoms with Gasteiger partial charge in [-0.3, -0.25) is 0 Å². The Kier molecular flexibility index (Phi) is 2.15. The number of thiophene rings is 1. The van der Waals surface area contributed by atoms with E-state index in [1.54, 1.807) is 6.07 Å². The second kappa shape index (κ2) is 3.67. The summed E-state index contributed by atoms with van der Waals surface area (Å²) in [6.07, 6.45) is 1.53. The summed E-state index contributed by atoms with van der Waals surface area (Å²) in [5.74, 6) is -1.01. The van der Waals surface area contributed by atoms with E-state index < -0.39 is 5.97 Å². The van der Waals surface area contributed by atoms with E-state index in [0.717, 1.165) is 4.88 Å². The van der Waals surface area contributed by atoms with Gasteiger partial charge < -0.3 is 5.11 Å². The second-order valence-corrected chi connectivity index (χ2v) is 4.36. The quantitative estimate of drug-likeness (QED) is 0.751. The average Bonchev–Trinajstić information content (AvgIpc) is 2.98. The van der Waals surface area contributed by atoms with E-state index >= 15 is 0 Å². The first-order valence-electron chi connectivity index (χ1n) is 4.87. The molecule has 3 aromatic rings. The number of hydrogen-bond donors (Lipinski definition) is 1. The summed E-state index contributed by atoms with van der Waals surface area (Å²) in [4.78, 5) is 16.5. The summed E-state index contributed by atoms with van der Waals surface area (Å²) in [6, 6.07) is 7.03. The molecule has 3 rings (SSSR count). The van der Waals surface area contributed by atoms with Crippen molar-refractivity contribution in [3.05, 3.63) is 41.5 Å². The van der Waals surface area contributed by atoms with Crippen molar-refractivity contribution in [3.63, 3.8) is 0 Å². The van der Waals surface area contributed by atoms with Crippen LogP contribution in [0.25, 0.3) is 16.2 Å². The third-order valence-electron chi connectivity index (χ3n) is 2.35. The number of carbonyl (C=O) groups is 1. The lowest BCUT2D eigenvalue weighted by Crippen LogP contribution is -2.07. The number of rotatable bonds is 2. The van der Waals surface area contributed by atoms with Crippen LogP contribution in [0.1, 0.15) is 10.5 Å². The van der Waals surface area contributed by atoms with Crippen molar-refractivity contribution in [3.8, 4) is 10.6 Å². The molecule has 0 saturated heterocycles. The maximum atomic E-state index is 11.1. The zero-order valence-electron chi connectivity index (χ0n) is 8.57. The van der Waals surface area contributed by atoms with Crippen molar-refractivity contribution in [2.24, 2.45) is 0 Å². The van der Waals surface area contributed by atoms with Gasteiger partial charge >= 0.3 is 5.97 Å². The molecule has 6 heteroatoms. The van der Waals surface area contributed by atoms with Crippen LogP contribution < -0.4 is 0 Å². The fourth-order valence-corrected chi connectivity index (χ4v) is 2.30. The van der Waals surface area contributed by atoms with Gasteiger partial charge in [-0.15, -0.1) is 11.3 Å². The zero-order valence-corrected chi connectivity index (χ0v) is 9.39. The number of carboxylic acid groups (broad SMARTS) is 1. The molecule has 5 nitrogen and oxygen atoms in total. The van der Waals surface area contributed by atoms with Crippen LogP contribution in [0.3, 0.4) is 0 Å². The van der Waals surface area contributed by atoms with Gasteiger partial charge in [-0.1, -0.05) is 6.07 Å². The second-order valence-electron chi connectivity index (χ2n) is 3.41. The molecule has 0 atom stereocenters. The molecule has 0 aliphatic heterocycles. The minimum absolute atomic E-state index is 0.114. The monoisotopic (exact) mass is 245 g/mol. The van der Waals surface area contributed by atoms with Crippen molar-refractivity contribution in [1.29, 1.82) is 0 Å². The van der Waals surface area contributed by atoms with Gasteiger partial charge in [0.15, 0.2) is 11.3 Å². The van der Waals surface area contributed by atoms with E-state index in [1.165, 1.54) is 28.1 Å². The Labute approximate surface area is 100.0 Å². The SMILES string of the molecule is O=C(O)c1cc(-c2cccs2)nc2ccnn12. The molecule has 0 spiro atoms. The maximum absolute atomic E-state index is 11.1. The third kappa shape index (κ3) is 1.58. The number of carboxylic acids is 1. The zero-order chi connectivity index (χ0) is 11.8. The highest BCUT2D eigenvalue weighted by atomic mass is 32.1. The summed E-state index contributed by atoms with van der Waals surface area (Å²) >= 11 is 1.52.